The van der Waals surface area contributed by atoms with Gasteiger partial charge in [0, 0.05) is 18.2 Å². The summed E-state index contributed by atoms with van der Waals surface area (Å²) in [6, 6.07) is 3.16. The quantitative estimate of drug-likeness (QED) is 0.432. The van der Waals surface area contributed by atoms with Crippen LogP contribution in [-0.2, 0) is 4.79 Å². The molecule has 1 aromatic rings. The van der Waals surface area contributed by atoms with Gasteiger partial charge in [0.25, 0.3) is 0 Å². The summed E-state index contributed by atoms with van der Waals surface area (Å²) in [5.74, 6) is 0.511. The van der Waals surface area contributed by atoms with Crippen LogP contribution >= 0.6 is 0 Å². The third-order valence-corrected chi connectivity index (χ3v) is 3.75. The van der Waals surface area contributed by atoms with Gasteiger partial charge in [-0.15, -0.1) is 0 Å². The number of nitriles is 1. The summed E-state index contributed by atoms with van der Waals surface area (Å²) < 4.78 is 0. The Morgan fingerprint density at radius 1 is 1.68 bits per heavy atom. The lowest BCUT2D eigenvalue weighted by Crippen LogP contribution is -2.36. The van der Waals surface area contributed by atoms with Crippen molar-refractivity contribution in [3.8, 4) is 6.07 Å². The number of carbonyl (C=O) groups excluding carboxylic acids is 1. The van der Waals surface area contributed by atoms with Crippen molar-refractivity contribution in [1.29, 1.82) is 5.26 Å². The van der Waals surface area contributed by atoms with Crippen LogP contribution in [0.1, 0.15) is 23.5 Å². The lowest BCUT2D eigenvalue weighted by molar-refractivity contribution is -0.119. The molecule has 1 saturated carbocycles. The molecule has 1 fully saturated rings. The molecule has 0 aromatic carbocycles. The van der Waals surface area contributed by atoms with Crippen molar-refractivity contribution in [3.63, 3.8) is 0 Å². The Bertz CT molecular complexity index is 657. The summed E-state index contributed by atoms with van der Waals surface area (Å²) in [5, 5.41) is 12.5. The minimum absolute atomic E-state index is 0.0304. The molecule has 3 rings (SSSR count). The van der Waals surface area contributed by atoms with Gasteiger partial charge in [-0.1, -0.05) is 5.11 Å². The van der Waals surface area contributed by atoms with Crippen molar-refractivity contribution in [2.45, 2.75) is 18.4 Å². The molecular formula is C12H10N6O. The first kappa shape index (κ1) is 11.5. The normalized spacial score (nSPS) is 27.5. The van der Waals surface area contributed by atoms with E-state index in [1.807, 2.05) is 0 Å². The predicted molar refractivity (Wildman–Crippen MR) is 66.1 cm³/mol. The van der Waals surface area contributed by atoms with Gasteiger partial charge in [0.15, 0.2) is 0 Å². The topological polar surface area (TPSA) is 106 Å². The third kappa shape index (κ3) is 1.62. The van der Waals surface area contributed by atoms with E-state index in [9.17, 15) is 4.79 Å². The molecule has 7 nitrogen and oxygen atoms in total. The summed E-state index contributed by atoms with van der Waals surface area (Å²) in [5.41, 5.74) is 9.96. The molecule has 3 atom stereocenters. The first-order chi connectivity index (χ1) is 9.17. The van der Waals surface area contributed by atoms with Crippen LogP contribution in [0, 0.1) is 17.2 Å². The lowest BCUT2D eigenvalue weighted by atomic mass is 10.1. The van der Waals surface area contributed by atoms with Gasteiger partial charge in [-0.3, -0.25) is 9.69 Å². The maximum Gasteiger partial charge on any atom is 0.237 e. The number of hydrogen-bond donors (Lipinski definition) is 0. The van der Waals surface area contributed by atoms with Crippen LogP contribution in [-0.4, -0.2) is 24.0 Å². The monoisotopic (exact) mass is 254 g/mol. The minimum atomic E-state index is -0.667. The van der Waals surface area contributed by atoms with Gasteiger partial charge >= 0.3 is 0 Å². The average molecular weight is 254 g/mol. The largest absolute Gasteiger partial charge is 0.299 e. The SMILES string of the molecule is CN1C(=O)[C@@H](N=[N+]=[N-])[C@H]2C[C@H]2c2cc(C#N)cnc21. The zero-order chi connectivity index (χ0) is 13.6. The molecule has 1 aliphatic carbocycles. The highest BCUT2D eigenvalue weighted by Crippen LogP contribution is 2.54. The maximum absolute atomic E-state index is 12.2. The van der Waals surface area contributed by atoms with Crippen LogP contribution in [0.3, 0.4) is 0 Å². The number of fused-ring (bicyclic) bond motifs is 3. The van der Waals surface area contributed by atoms with Gasteiger partial charge in [-0.2, -0.15) is 5.26 Å². The number of rotatable bonds is 1. The first-order valence-corrected chi connectivity index (χ1v) is 5.89. The molecule has 19 heavy (non-hydrogen) atoms. The molecule has 2 heterocycles. The Kier molecular flexibility index (Phi) is 2.40. The van der Waals surface area contributed by atoms with Crippen molar-refractivity contribution in [1.82, 2.24) is 4.98 Å². The molecule has 0 unspecified atom stereocenters. The molecule has 0 radical (unpaired) electrons. The number of azide groups is 1. The second-order valence-electron chi connectivity index (χ2n) is 4.80. The fourth-order valence-electron chi connectivity index (χ4n) is 2.69. The first-order valence-electron chi connectivity index (χ1n) is 5.89. The highest BCUT2D eigenvalue weighted by atomic mass is 16.2. The van der Waals surface area contributed by atoms with Gasteiger partial charge < -0.3 is 0 Å². The van der Waals surface area contributed by atoms with Gasteiger partial charge in [-0.05, 0) is 35.4 Å². The molecule has 0 N–H and O–H groups in total. The van der Waals surface area contributed by atoms with Crippen LogP contribution in [0.25, 0.3) is 10.4 Å². The molecule has 7 heteroatoms. The van der Waals surface area contributed by atoms with E-state index < -0.39 is 6.04 Å². The third-order valence-electron chi connectivity index (χ3n) is 3.75. The van der Waals surface area contributed by atoms with Crippen molar-refractivity contribution >= 4 is 11.7 Å². The second-order valence-corrected chi connectivity index (χ2v) is 4.80. The van der Waals surface area contributed by atoms with E-state index in [0.717, 1.165) is 12.0 Å². The number of amides is 1. The molecule has 1 aliphatic heterocycles. The highest BCUT2D eigenvalue weighted by molar-refractivity contribution is 5.98. The van der Waals surface area contributed by atoms with Gasteiger partial charge in [0.2, 0.25) is 5.91 Å². The smallest absolute Gasteiger partial charge is 0.237 e. The molecule has 0 saturated heterocycles. The summed E-state index contributed by atoms with van der Waals surface area (Å²) in [6.45, 7) is 0. The second kappa shape index (κ2) is 3.97. The fraction of sp³-hybridized carbons (Fsp3) is 0.417. The Morgan fingerprint density at radius 2 is 2.47 bits per heavy atom. The molecule has 94 valence electrons. The van der Waals surface area contributed by atoms with Crippen molar-refractivity contribution in [3.05, 3.63) is 33.8 Å². The standard InChI is InChI=1S/C12H10N6O/c1-18-11-9(2-6(4-13)5-15-11)7-3-8(7)10(12(18)19)16-17-14/h2,5,7-8,10H,3H2,1H3/t7-,8+,10+/m1/s1. The van der Waals surface area contributed by atoms with Gasteiger partial charge in [-0.25, -0.2) is 4.98 Å². The molecule has 0 bridgehead atoms. The maximum atomic E-state index is 12.2. The Hall–Kier alpha value is -2.58. The van der Waals surface area contributed by atoms with Crippen molar-refractivity contribution in [2.75, 3.05) is 11.9 Å². The average Bonchev–Trinajstić information content (AvgIpc) is 3.22. The predicted octanol–water partition coefficient (Wildman–Crippen LogP) is 1.71. The van der Waals surface area contributed by atoms with Crippen LogP contribution in [0.15, 0.2) is 17.4 Å². The van der Waals surface area contributed by atoms with E-state index >= 15 is 0 Å². The summed E-state index contributed by atoms with van der Waals surface area (Å²) in [4.78, 5) is 20.6. The number of pyridine rings is 1. The number of carbonyl (C=O) groups is 1. The van der Waals surface area contributed by atoms with Gasteiger partial charge in [0.05, 0.1) is 5.56 Å². The Balaban J connectivity index is 2.12. The lowest BCUT2D eigenvalue weighted by Gasteiger charge is -2.19. The van der Waals surface area contributed by atoms with Crippen LogP contribution < -0.4 is 4.90 Å². The molecular weight excluding hydrogens is 244 g/mol. The summed E-state index contributed by atoms with van der Waals surface area (Å²) in [7, 11) is 1.62. The summed E-state index contributed by atoms with van der Waals surface area (Å²) in [6.07, 6.45) is 2.25. The van der Waals surface area contributed by atoms with Crippen LogP contribution in [0.2, 0.25) is 0 Å². The van der Waals surface area contributed by atoms with Crippen LogP contribution in [0.4, 0.5) is 5.82 Å². The van der Waals surface area contributed by atoms with Crippen LogP contribution in [0.5, 0.6) is 0 Å². The van der Waals surface area contributed by atoms with E-state index in [1.54, 1.807) is 13.1 Å². The zero-order valence-electron chi connectivity index (χ0n) is 10.2. The van der Waals surface area contributed by atoms with E-state index in [2.05, 4.69) is 21.1 Å². The number of aromatic nitrogens is 1. The molecule has 0 spiro atoms. The van der Waals surface area contributed by atoms with E-state index in [0.29, 0.717) is 11.4 Å². The Morgan fingerprint density at radius 3 is 3.16 bits per heavy atom. The molecule has 1 amide bonds. The van der Waals surface area contributed by atoms with E-state index in [1.165, 1.54) is 11.1 Å². The Labute approximate surface area is 109 Å². The highest BCUT2D eigenvalue weighted by Gasteiger charge is 2.51. The minimum Gasteiger partial charge on any atom is -0.299 e. The van der Waals surface area contributed by atoms with Crippen molar-refractivity contribution in [2.24, 2.45) is 11.0 Å². The van der Waals surface area contributed by atoms with Gasteiger partial charge in [0.1, 0.15) is 17.9 Å². The number of nitrogens with zero attached hydrogens (tertiary/aromatic N) is 6. The van der Waals surface area contributed by atoms with E-state index in [4.69, 9.17) is 10.8 Å². The van der Waals surface area contributed by atoms with Crippen molar-refractivity contribution < 1.29 is 4.79 Å². The summed E-state index contributed by atoms with van der Waals surface area (Å²) >= 11 is 0. The molecule has 1 aromatic heterocycles. The fourth-order valence-corrected chi connectivity index (χ4v) is 2.69. The number of likely N-dealkylation sites (N-methyl/N-ethyl adjacent to an activating group) is 1. The zero-order valence-corrected chi connectivity index (χ0v) is 10.2. The molecule has 2 aliphatic rings. The number of anilines is 1. The number of hydrogen-bond acceptors (Lipinski definition) is 4. The van der Waals surface area contributed by atoms with E-state index in [-0.39, 0.29) is 17.7 Å².